The van der Waals surface area contributed by atoms with Crippen molar-refractivity contribution in [3.63, 3.8) is 0 Å². The Morgan fingerprint density at radius 2 is 1.75 bits per heavy atom. The molecule has 96 valence electrons. The van der Waals surface area contributed by atoms with E-state index in [1.807, 2.05) is 20.8 Å². The zero-order chi connectivity index (χ0) is 12.8. The molecule has 0 bridgehead atoms. The van der Waals surface area contributed by atoms with Crippen LogP contribution in [0.5, 0.6) is 0 Å². The van der Waals surface area contributed by atoms with Gasteiger partial charge in [-0.2, -0.15) is 0 Å². The molecule has 0 rings (SSSR count). The van der Waals surface area contributed by atoms with Crippen LogP contribution in [0.1, 0.15) is 41.5 Å². The average molecular weight is 247 g/mol. The Kier molecular flexibility index (Phi) is 6.41. The number of nitrogens with one attached hydrogen (secondary N) is 1. The van der Waals surface area contributed by atoms with Crippen LogP contribution in [0.25, 0.3) is 0 Å². The van der Waals surface area contributed by atoms with Gasteiger partial charge in [0.05, 0.1) is 5.41 Å². The maximum absolute atomic E-state index is 11.4. The second-order valence-electron chi connectivity index (χ2n) is 5.87. The maximum Gasteiger partial charge on any atom is 0.311 e. The van der Waals surface area contributed by atoms with Gasteiger partial charge in [-0.25, -0.2) is 0 Å². The third-order valence-electron chi connectivity index (χ3n) is 1.78. The van der Waals surface area contributed by atoms with Gasteiger partial charge in [-0.1, -0.05) is 0 Å². The quantitative estimate of drug-likeness (QED) is 0.460. The first kappa shape index (κ1) is 15.8. The molecule has 16 heavy (non-hydrogen) atoms. The van der Waals surface area contributed by atoms with Gasteiger partial charge in [0, 0.05) is 17.2 Å². The zero-order valence-corrected chi connectivity index (χ0v) is 12.2. The molecule has 0 unspecified atom stereocenters. The van der Waals surface area contributed by atoms with E-state index < -0.39 is 5.41 Å². The van der Waals surface area contributed by atoms with Crippen LogP contribution in [0, 0.1) is 5.41 Å². The standard InChI is InChI=1S/C12H25NO2S/c1-11(2,3)10(14)15-7-8-16-9-13-12(4,5)6/h13H,7-9H2,1-6H3. The van der Waals surface area contributed by atoms with Crippen LogP contribution in [-0.4, -0.2) is 29.7 Å². The van der Waals surface area contributed by atoms with Crippen LogP contribution in [0.2, 0.25) is 0 Å². The average Bonchev–Trinajstić information content (AvgIpc) is 2.07. The molecular formula is C12H25NO2S. The van der Waals surface area contributed by atoms with Crippen LogP contribution in [0.4, 0.5) is 0 Å². The van der Waals surface area contributed by atoms with E-state index in [9.17, 15) is 4.79 Å². The predicted octanol–water partition coefficient (Wildman–Crippen LogP) is 2.65. The first-order valence-electron chi connectivity index (χ1n) is 5.63. The van der Waals surface area contributed by atoms with E-state index >= 15 is 0 Å². The van der Waals surface area contributed by atoms with E-state index in [1.165, 1.54) is 0 Å². The Labute approximate surface area is 104 Å². The summed E-state index contributed by atoms with van der Waals surface area (Å²) < 4.78 is 5.15. The van der Waals surface area contributed by atoms with Crippen molar-refractivity contribution >= 4 is 17.7 Å². The summed E-state index contributed by atoms with van der Waals surface area (Å²) in [4.78, 5) is 11.4. The number of hydrogen-bond donors (Lipinski definition) is 1. The molecule has 0 aliphatic heterocycles. The second-order valence-corrected chi connectivity index (χ2v) is 6.97. The number of thioether (sulfide) groups is 1. The summed E-state index contributed by atoms with van der Waals surface area (Å²) in [6.45, 7) is 12.5. The minimum atomic E-state index is -0.395. The second kappa shape index (κ2) is 6.50. The summed E-state index contributed by atoms with van der Waals surface area (Å²) in [5.74, 6) is 1.60. The van der Waals surface area contributed by atoms with Gasteiger partial charge in [-0.3, -0.25) is 4.79 Å². The molecule has 0 saturated carbocycles. The van der Waals surface area contributed by atoms with Crippen LogP contribution < -0.4 is 5.32 Å². The van der Waals surface area contributed by atoms with Crippen LogP contribution in [0.3, 0.4) is 0 Å². The molecule has 0 heterocycles. The molecule has 0 radical (unpaired) electrons. The lowest BCUT2D eigenvalue weighted by molar-refractivity contribution is -0.152. The van der Waals surface area contributed by atoms with Crippen LogP contribution in [-0.2, 0) is 9.53 Å². The molecule has 0 amide bonds. The number of rotatable bonds is 5. The minimum absolute atomic E-state index is 0.128. The van der Waals surface area contributed by atoms with Gasteiger partial charge in [-0.05, 0) is 41.5 Å². The molecule has 0 saturated heterocycles. The molecule has 0 aromatic carbocycles. The molecule has 1 N–H and O–H groups in total. The molecule has 0 aliphatic carbocycles. The monoisotopic (exact) mass is 247 g/mol. The topological polar surface area (TPSA) is 38.3 Å². The molecule has 4 heteroatoms. The van der Waals surface area contributed by atoms with E-state index in [-0.39, 0.29) is 11.5 Å². The third kappa shape index (κ3) is 9.04. The third-order valence-corrected chi connectivity index (χ3v) is 2.58. The van der Waals surface area contributed by atoms with Crippen LogP contribution in [0.15, 0.2) is 0 Å². The highest BCUT2D eigenvalue weighted by Crippen LogP contribution is 2.15. The lowest BCUT2D eigenvalue weighted by Gasteiger charge is -2.20. The van der Waals surface area contributed by atoms with Crippen molar-refractivity contribution in [2.75, 3.05) is 18.2 Å². The molecule has 0 aromatic rings. The van der Waals surface area contributed by atoms with Crippen molar-refractivity contribution in [1.29, 1.82) is 0 Å². The Bertz CT molecular complexity index is 216. The van der Waals surface area contributed by atoms with E-state index in [0.717, 1.165) is 11.6 Å². The highest BCUT2D eigenvalue weighted by Gasteiger charge is 2.22. The smallest absolute Gasteiger partial charge is 0.311 e. The summed E-state index contributed by atoms with van der Waals surface area (Å²) in [6, 6.07) is 0. The largest absolute Gasteiger partial charge is 0.464 e. The van der Waals surface area contributed by atoms with Gasteiger partial charge in [0.1, 0.15) is 6.61 Å². The highest BCUT2D eigenvalue weighted by molar-refractivity contribution is 7.99. The maximum atomic E-state index is 11.4. The molecule has 0 fully saturated rings. The molecule has 0 aliphatic rings. The van der Waals surface area contributed by atoms with Gasteiger partial charge >= 0.3 is 5.97 Å². The molecule has 0 spiro atoms. The number of carbonyl (C=O) groups is 1. The van der Waals surface area contributed by atoms with E-state index in [2.05, 4.69) is 26.1 Å². The normalized spacial score (nSPS) is 12.6. The summed E-state index contributed by atoms with van der Waals surface area (Å²) >= 11 is 1.74. The number of hydrogen-bond acceptors (Lipinski definition) is 4. The Hall–Kier alpha value is -0.220. The minimum Gasteiger partial charge on any atom is -0.464 e. The van der Waals surface area contributed by atoms with E-state index in [1.54, 1.807) is 11.8 Å². The lowest BCUT2D eigenvalue weighted by atomic mass is 9.97. The number of carbonyl (C=O) groups excluding carboxylic acids is 1. The van der Waals surface area contributed by atoms with Crippen molar-refractivity contribution in [2.24, 2.45) is 5.41 Å². The van der Waals surface area contributed by atoms with Gasteiger partial charge < -0.3 is 10.1 Å². The van der Waals surface area contributed by atoms with Crippen molar-refractivity contribution in [3.8, 4) is 0 Å². The number of ether oxygens (including phenoxy) is 1. The van der Waals surface area contributed by atoms with Crippen LogP contribution >= 0.6 is 11.8 Å². The van der Waals surface area contributed by atoms with Gasteiger partial charge in [0.2, 0.25) is 0 Å². The summed E-state index contributed by atoms with van der Waals surface area (Å²) in [5, 5.41) is 3.36. The molecular weight excluding hydrogens is 222 g/mol. The first-order valence-corrected chi connectivity index (χ1v) is 6.78. The van der Waals surface area contributed by atoms with E-state index in [0.29, 0.717) is 6.61 Å². The predicted molar refractivity (Wildman–Crippen MR) is 70.6 cm³/mol. The Morgan fingerprint density at radius 3 is 2.19 bits per heavy atom. The number of esters is 1. The molecule has 3 nitrogen and oxygen atoms in total. The zero-order valence-electron chi connectivity index (χ0n) is 11.3. The molecule has 0 aromatic heterocycles. The fourth-order valence-electron chi connectivity index (χ4n) is 0.750. The van der Waals surface area contributed by atoms with Crippen molar-refractivity contribution in [2.45, 2.75) is 47.1 Å². The van der Waals surface area contributed by atoms with Gasteiger partial charge in [0.25, 0.3) is 0 Å². The van der Waals surface area contributed by atoms with Crippen molar-refractivity contribution in [1.82, 2.24) is 5.32 Å². The van der Waals surface area contributed by atoms with Crippen molar-refractivity contribution in [3.05, 3.63) is 0 Å². The fourth-order valence-corrected chi connectivity index (χ4v) is 1.63. The summed E-state index contributed by atoms with van der Waals surface area (Å²) in [6.07, 6.45) is 0. The van der Waals surface area contributed by atoms with Gasteiger partial charge in [0.15, 0.2) is 0 Å². The van der Waals surface area contributed by atoms with Gasteiger partial charge in [-0.15, -0.1) is 11.8 Å². The fraction of sp³-hybridized carbons (Fsp3) is 0.917. The first-order chi connectivity index (χ1) is 7.13. The lowest BCUT2D eigenvalue weighted by Crippen LogP contribution is -2.35. The van der Waals surface area contributed by atoms with E-state index in [4.69, 9.17) is 4.74 Å². The van der Waals surface area contributed by atoms with Crippen molar-refractivity contribution < 1.29 is 9.53 Å². The Morgan fingerprint density at radius 1 is 1.19 bits per heavy atom. The summed E-state index contributed by atoms with van der Waals surface area (Å²) in [5.41, 5.74) is -0.247. The Balaban J connectivity index is 3.45. The molecule has 0 atom stereocenters. The summed E-state index contributed by atoms with van der Waals surface area (Å²) in [7, 11) is 0. The highest BCUT2D eigenvalue weighted by atomic mass is 32.2. The SMILES string of the molecule is CC(C)(C)NCSCCOC(=O)C(C)(C)C.